The molecule has 0 aliphatic carbocycles. The quantitative estimate of drug-likeness (QED) is 0.469. The molecule has 0 aromatic carbocycles. The van der Waals surface area contributed by atoms with Crippen LogP contribution in [0, 0.1) is 0 Å². The van der Waals surface area contributed by atoms with Crippen LogP contribution in [0.15, 0.2) is 12.2 Å². The smallest absolute Gasteiger partial charge is 0.331 e. The Hall–Kier alpha value is -1.44. The van der Waals surface area contributed by atoms with E-state index in [0.717, 1.165) is 6.08 Å². The monoisotopic (exact) mass is 244 g/mol. The van der Waals surface area contributed by atoms with E-state index in [1.54, 1.807) is 0 Å². The Bertz CT molecular complexity index is 351. The van der Waals surface area contributed by atoms with Crippen molar-refractivity contribution in [3.8, 4) is 0 Å². The maximum Gasteiger partial charge on any atom is 0.331 e. The van der Waals surface area contributed by atoms with E-state index in [2.05, 4.69) is 0 Å². The average molecular weight is 244 g/mol. The van der Waals surface area contributed by atoms with E-state index < -0.39 is 36.4 Å². The number of carbonyl (C=O) groups excluding carboxylic acids is 1. The normalized spacial score (nSPS) is 36.1. The van der Waals surface area contributed by atoms with Crippen LogP contribution in [0.4, 0.5) is 0 Å². The van der Waals surface area contributed by atoms with Crippen LogP contribution in [0.3, 0.4) is 0 Å². The van der Waals surface area contributed by atoms with Crippen LogP contribution in [-0.4, -0.2) is 59.8 Å². The summed E-state index contributed by atoms with van der Waals surface area (Å²) in [6.45, 7) is 0.285. The Kier molecular flexibility index (Phi) is 3.41. The summed E-state index contributed by atoms with van der Waals surface area (Å²) in [4.78, 5) is 21.4. The zero-order valence-corrected chi connectivity index (χ0v) is 8.81. The number of carboxylic acids is 1. The summed E-state index contributed by atoms with van der Waals surface area (Å²) in [5, 5.41) is 17.8. The van der Waals surface area contributed by atoms with Crippen molar-refractivity contribution in [2.75, 3.05) is 13.2 Å². The molecule has 2 heterocycles. The van der Waals surface area contributed by atoms with Crippen molar-refractivity contribution in [1.29, 1.82) is 0 Å². The summed E-state index contributed by atoms with van der Waals surface area (Å²) in [7, 11) is 0. The Morgan fingerprint density at radius 2 is 1.88 bits per heavy atom. The van der Waals surface area contributed by atoms with Gasteiger partial charge in [-0.3, -0.25) is 0 Å². The molecule has 2 aliphatic rings. The molecule has 2 rings (SSSR count). The topological polar surface area (TPSA) is 102 Å². The van der Waals surface area contributed by atoms with Crippen LogP contribution in [-0.2, 0) is 23.8 Å². The van der Waals surface area contributed by atoms with Crippen molar-refractivity contribution in [3.05, 3.63) is 12.2 Å². The number of carboxylic acid groups (broad SMARTS) is 1. The van der Waals surface area contributed by atoms with Crippen molar-refractivity contribution in [2.24, 2.45) is 0 Å². The molecule has 17 heavy (non-hydrogen) atoms. The predicted octanol–water partition coefficient (Wildman–Crippen LogP) is -1.30. The van der Waals surface area contributed by atoms with Crippen molar-refractivity contribution in [3.63, 3.8) is 0 Å². The highest BCUT2D eigenvalue weighted by molar-refractivity contribution is 5.90. The molecule has 0 aromatic rings. The van der Waals surface area contributed by atoms with E-state index in [1.165, 1.54) is 0 Å². The molecule has 0 saturated carbocycles. The lowest BCUT2D eigenvalue weighted by molar-refractivity contribution is -0.148. The number of fused-ring (bicyclic) bond motifs is 1. The number of ether oxygens (including phenoxy) is 3. The van der Waals surface area contributed by atoms with Gasteiger partial charge >= 0.3 is 11.9 Å². The fourth-order valence-electron chi connectivity index (χ4n) is 1.87. The first-order valence-electron chi connectivity index (χ1n) is 5.11. The summed E-state index contributed by atoms with van der Waals surface area (Å²) in [6.07, 6.45) is -0.758. The molecular formula is C10H12O7. The predicted molar refractivity (Wildman–Crippen MR) is 52.1 cm³/mol. The standard InChI is InChI=1S/C10H12O7/c11-5-3-15-10-6(4-16-9(5)10)17-8(14)2-1-7(12)13/h1-2,5-6,9-11H,3-4H2,(H,12,13)/b2-1-/t5-,6+,9+,10+/m0/s1. The Morgan fingerprint density at radius 1 is 1.18 bits per heavy atom. The third kappa shape index (κ3) is 2.63. The fraction of sp³-hybridized carbons (Fsp3) is 0.600. The van der Waals surface area contributed by atoms with Crippen molar-refractivity contribution in [1.82, 2.24) is 0 Å². The number of esters is 1. The molecule has 94 valence electrons. The molecule has 0 bridgehead atoms. The van der Waals surface area contributed by atoms with Crippen LogP contribution in [0.5, 0.6) is 0 Å². The van der Waals surface area contributed by atoms with E-state index >= 15 is 0 Å². The van der Waals surface area contributed by atoms with Gasteiger partial charge in [0, 0.05) is 12.2 Å². The average Bonchev–Trinajstić information content (AvgIpc) is 2.81. The van der Waals surface area contributed by atoms with Gasteiger partial charge in [0.25, 0.3) is 0 Å². The number of aliphatic carboxylic acids is 1. The maximum absolute atomic E-state index is 11.2. The van der Waals surface area contributed by atoms with Crippen molar-refractivity contribution in [2.45, 2.75) is 24.4 Å². The minimum atomic E-state index is -1.23. The van der Waals surface area contributed by atoms with Crippen LogP contribution < -0.4 is 0 Å². The number of rotatable bonds is 3. The molecule has 4 atom stereocenters. The third-order valence-corrected chi connectivity index (χ3v) is 2.61. The molecule has 2 aliphatic heterocycles. The first-order valence-corrected chi connectivity index (χ1v) is 5.11. The highest BCUT2D eigenvalue weighted by Gasteiger charge is 2.48. The minimum Gasteiger partial charge on any atom is -0.478 e. The summed E-state index contributed by atoms with van der Waals surface area (Å²) >= 11 is 0. The molecule has 0 aromatic heterocycles. The number of carbonyl (C=O) groups is 2. The van der Waals surface area contributed by atoms with Gasteiger partial charge in [-0.05, 0) is 0 Å². The lowest BCUT2D eigenvalue weighted by atomic mass is 10.1. The van der Waals surface area contributed by atoms with Gasteiger partial charge in [-0.25, -0.2) is 9.59 Å². The molecule has 0 radical (unpaired) electrons. The molecule has 7 nitrogen and oxygen atoms in total. The zero-order chi connectivity index (χ0) is 12.4. The van der Waals surface area contributed by atoms with E-state index in [-0.39, 0.29) is 13.2 Å². The first kappa shape index (κ1) is 12.0. The molecule has 2 fully saturated rings. The number of aliphatic hydroxyl groups excluding tert-OH is 1. The summed E-state index contributed by atoms with van der Waals surface area (Å²) in [5.74, 6) is -2.00. The third-order valence-electron chi connectivity index (χ3n) is 2.61. The second-order valence-electron chi connectivity index (χ2n) is 3.81. The van der Waals surface area contributed by atoms with Gasteiger partial charge in [0.2, 0.25) is 0 Å². The minimum absolute atomic E-state index is 0.138. The van der Waals surface area contributed by atoms with E-state index in [1.807, 2.05) is 0 Å². The van der Waals surface area contributed by atoms with Crippen LogP contribution in [0.2, 0.25) is 0 Å². The van der Waals surface area contributed by atoms with Crippen molar-refractivity contribution >= 4 is 11.9 Å². The largest absolute Gasteiger partial charge is 0.478 e. The Balaban J connectivity index is 1.88. The van der Waals surface area contributed by atoms with Gasteiger partial charge in [0.15, 0.2) is 6.10 Å². The number of hydrogen-bond acceptors (Lipinski definition) is 6. The lowest BCUT2D eigenvalue weighted by Gasteiger charge is -2.15. The van der Waals surface area contributed by atoms with Gasteiger partial charge in [-0.15, -0.1) is 0 Å². The molecule has 2 saturated heterocycles. The van der Waals surface area contributed by atoms with Crippen LogP contribution in [0.25, 0.3) is 0 Å². The van der Waals surface area contributed by atoms with Gasteiger partial charge in [0.05, 0.1) is 13.2 Å². The molecule has 0 amide bonds. The summed E-state index contributed by atoms with van der Waals surface area (Å²) in [6, 6.07) is 0. The highest BCUT2D eigenvalue weighted by Crippen LogP contribution is 2.28. The fourth-order valence-corrected chi connectivity index (χ4v) is 1.87. The van der Waals surface area contributed by atoms with E-state index in [9.17, 15) is 14.7 Å². The van der Waals surface area contributed by atoms with Gasteiger partial charge in [-0.2, -0.15) is 0 Å². The zero-order valence-electron chi connectivity index (χ0n) is 8.81. The summed E-state index contributed by atoms with van der Waals surface area (Å²) < 4.78 is 15.4. The number of aliphatic hydroxyl groups is 1. The molecule has 0 spiro atoms. The maximum atomic E-state index is 11.2. The lowest BCUT2D eigenvalue weighted by Crippen LogP contribution is -2.33. The van der Waals surface area contributed by atoms with Gasteiger partial charge < -0.3 is 24.4 Å². The molecular weight excluding hydrogens is 232 g/mol. The number of hydrogen-bond donors (Lipinski definition) is 2. The summed E-state index contributed by atoms with van der Waals surface area (Å²) in [5.41, 5.74) is 0. The van der Waals surface area contributed by atoms with Crippen LogP contribution in [0.1, 0.15) is 0 Å². The SMILES string of the molecule is O=C(O)/C=C\C(=O)O[C@@H]1CO[C@H]2[C@@H]1OC[C@@H]2O. The van der Waals surface area contributed by atoms with Gasteiger partial charge in [0.1, 0.15) is 18.3 Å². The molecule has 2 N–H and O–H groups in total. The Morgan fingerprint density at radius 3 is 2.59 bits per heavy atom. The highest BCUT2D eigenvalue weighted by atomic mass is 16.6. The van der Waals surface area contributed by atoms with Crippen molar-refractivity contribution < 1.29 is 34.0 Å². The van der Waals surface area contributed by atoms with E-state index in [4.69, 9.17) is 19.3 Å². The Labute approximate surface area is 96.6 Å². The van der Waals surface area contributed by atoms with Crippen LogP contribution >= 0.6 is 0 Å². The second kappa shape index (κ2) is 4.82. The first-order chi connectivity index (χ1) is 8.08. The van der Waals surface area contributed by atoms with E-state index in [0.29, 0.717) is 6.08 Å². The molecule has 0 unspecified atom stereocenters. The second-order valence-corrected chi connectivity index (χ2v) is 3.81. The van der Waals surface area contributed by atoms with Gasteiger partial charge in [-0.1, -0.05) is 0 Å². The molecule has 7 heteroatoms.